The highest BCUT2D eigenvalue weighted by molar-refractivity contribution is 6.32. The van der Waals surface area contributed by atoms with Crippen molar-refractivity contribution in [1.29, 1.82) is 0 Å². The van der Waals surface area contributed by atoms with Gasteiger partial charge in [0.15, 0.2) is 5.82 Å². The van der Waals surface area contributed by atoms with Crippen molar-refractivity contribution in [2.45, 2.75) is 31.8 Å². The summed E-state index contributed by atoms with van der Waals surface area (Å²) in [4.78, 5) is 0. The van der Waals surface area contributed by atoms with Crippen LogP contribution in [0, 0.1) is 5.82 Å². The molecule has 1 aromatic rings. The van der Waals surface area contributed by atoms with E-state index in [4.69, 9.17) is 16.3 Å². The molecule has 3 nitrogen and oxygen atoms in total. The third-order valence-electron chi connectivity index (χ3n) is 3.14. The Bertz CT molecular complexity index is 421. The summed E-state index contributed by atoms with van der Waals surface area (Å²) in [6, 6.07) is 1.79. The molecule has 0 spiro atoms. The number of phenolic OH excluding ortho intramolecular Hbond substituents is 1. The first-order chi connectivity index (χ1) is 8.13. The molecule has 2 N–H and O–H groups in total. The Hall–Kier alpha value is -1.00. The van der Waals surface area contributed by atoms with Crippen LogP contribution in [0.2, 0.25) is 5.02 Å². The molecule has 0 aromatic heterocycles. The number of methoxy groups -OCH3 is 1. The van der Waals surface area contributed by atoms with Crippen LogP contribution in [0.5, 0.6) is 11.5 Å². The van der Waals surface area contributed by atoms with Crippen molar-refractivity contribution in [3.05, 3.63) is 22.5 Å². The summed E-state index contributed by atoms with van der Waals surface area (Å²) in [5.41, 5.74) is 0.363. The van der Waals surface area contributed by atoms with E-state index in [0.29, 0.717) is 23.9 Å². The molecule has 0 atom stereocenters. The van der Waals surface area contributed by atoms with Crippen molar-refractivity contribution in [2.24, 2.45) is 0 Å². The molecule has 0 unspecified atom stereocenters. The van der Waals surface area contributed by atoms with Crippen LogP contribution >= 0.6 is 11.6 Å². The van der Waals surface area contributed by atoms with E-state index in [1.807, 2.05) is 0 Å². The van der Waals surface area contributed by atoms with Crippen molar-refractivity contribution in [3.8, 4) is 11.5 Å². The number of nitrogens with one attached hydrogen (secondary N) is 1. The van der Waals surface area contributed by atoms with Gasteiger partial charge in [0.2, 0.25) is 0 Å². The number of phenols is 1. The molecule has 1 aromatic carbocycles. The predicted molar refractivity (Wildman–Crippen MR) is 64.1 cm³/mol. The van der Waals surface area contributed by atoms with E-state index in [9.17, 15) is 9.50 Å². The van der Waals surface area contributed by atoms with E-state index in [1.54, 1.807) is 0 Å². The zero-order valence-electron chi connectivity index (χ0n) is 9.59. The van der Waals surface area contributed by atoms with Crippen LogP contribution in [-0.4, -0.2) is 18.3 Å². The summed E-state index contributed by atoms with van der Waals surface area (Å²) in [5.74, 6) is -0.597. The number of hydrogen-bond acceptors (Lipinski definition) is 3. The van der Waals surface area contributed by atoms with Gasteiger partial charge < -0.3 is 15.2 Å². The largest absolute Gasteiger partial charge is 0.506 e. The molecule has 0 radical (unpaired) electrons. The van der Waals surface area contributed by atoms with Crippen LogP contribution in [0.3, 0.4) is 0 Å². The maximum Gasteiger partial charge on any atom is 0.153 e. The minimum atomic E-state index is -0.615. The predicted octanol–water partition coefficient (Wildman–Crippen LogP) is 2.84. The molecule has 0 bridgehead atoms. The number of benzene rings is 1. The van der Waals surface area contributed by atoms with Crippen LogP contribution in [0.1, 0.15) is 24.8 Å². The lowest BCUT2D eigenvalue weighted by molar-refractivity contribution is 0.330. The molecule has 5 heteroatoms. The van der Waals surface area contributed by atoms with Gasteiger partial charge in [-0.15, -0.1) is 0 Å². The van der Waals surface area contributed by atoms with Crippen LogP contribution in [0.15, 0.2) is 6.07 Å². The first kappa shape index (κ1) is 12.5. The fourth-order valence-corrected chi connectivity index (χ4v) is 2.00. The summed E-state index contributed by atoms with van der Waals surface area (Å²) in [6.45, 7) is 0.361. The fraction of sp³-hybridized carbons (Fsp3) is 0.500. The Morgan fingerprint density at radius 2 is 2.29 bits per heavy atom. The zero-order chi connectivity index (χ0) is 12.4. The topological polar surface area (TPSA) is 41.5 Å². The van der Waals surface area contributed by atoms with E-state index in [-0.39, 0.29) is 10.8 Å². The number of aromatic hydroxyl groups is 1. The highest BCUT2D eigenvalue weighted by Crippen LogP contribution is 2.35. The van der Waals surface area contributed by atoms with E-state index < -0.39 is 5.82 Å². The van der Waals surface area contributed by atoms with Gasteiger partial charge in [0.05, 0.1) is 7.11 Å². The average molecular weight is 260 g/mol. The minimum absolute atomic E-state index is 0.254. The van der Waals surface area contributed by atoms with Crippen LogP contribution in [-0.2, 0) is 6.54 Å². The summed E-state index contributed by atoms with van der Waals surface area (Å²) >= 11 is 5.67. The number of hydrogen-bond donors (Lipinski definition) is 2. The standard InChI is InChI=1S/C12H15ClFNO2/c1-17-10-5-9(16)11(13)12(14)8(10)6-15-7-3-2-4-7/h5,7,15-16H,2-4,6H2,1H3. The SMILES string of the molecule is COc1cc(O)c(Cl)c(F)c1CNC1CCC1. The molecule has 0 saturated heterocycles. The maximum atomic E-state index is 13.9. The number of rotatable bonds is 4. The van der Waals surface area contributed by atoms with Crippen LogP contribution in [0.25, 0.3) is 0 Å². The molecule has 1 aliphatic rings. The zero-order valence-corrected chi connectivity index (χ0v) is 10.4. The summed E-state index contributed by atoms with van der Waals surface area (Å²) in [7, 11) is 1.44. The molecular formula is C12H15ClFNO2. The highest BCUT2D eigenvalue weighted by atomic mass is 35.5. The van der Waals surface area contributed by atoms with Gasteiger partial charge in [0.1, 0.15) is 16.5 Å². The molecule has 1 fully saturated rings. The van der Waals surface area contributed by atoms with Crippen LogP contribution in [0.4, 0.5) is 4.39 Å². The molecule has 0 amide bonds. The van der Waals surface area contributed by atoms with Gasteiger partial charge in [-0.1, -0.05) is 18.0 Å². The maximum absolute atomic E-state index is 13.9. The fourth-order valence-electron chi connectivity index (χ4n) is 1.83. The van der Waals surface area contributed by atoms with E-state index in [1.165, 1.54) is 19.6 Å². The Labute approximate surface area is 105 Å². The second-order valence-electron chi connectivity index (χ2n) is 4.21. The molecule has 2 rings (SSSR count). The molecule has 94 valence electrons. The van der Waals surface area contributed by atoms with E-state index in [2.05, 4.69) is 5.32 Å². The van der Waals surface area contributed by atoms with Crippen molar-refractivity contribution in [3.63, 3.8) is 0 Å². The Kier molecular flexibility index (Phi) is 3.74. The minimum Gasteiger partial charge on any atom is -0.506 e. The first-order valence-electron chi connectivity index (χ1n) is 5.60. The summed E-state index contributed by atoms with van der Waals surface area (Å²) in [6.07, 6.45) is 3.46. The van der Waals surface area contributed by atoms with Crippen molar-refractivity contribution < 1.29 is 14.2 Å². The van der Waals surface area contributed by atoms with Gasteiger partial charge in [0.25, 0.3) is 0 Å². The van der Waals surface area contributed by atoms with Gasteiger partial charge in [-0.2, -0.15) is 0 Å². The Morgan fingerprint density at radius 3 is 2.82 bits per heavy atom. The van der Waals surface area contributed by atoms with Gasteiger partial charge in [-0.25, -0.2) is 4.39 Å². The third kappa shape index (κ3) is 2.48. The molecule has 17 heavy (non-hydrogen) atoms. The monoisotopic (exact) mass is 259 g/mol. The molecule has 1 aliphatic carbocycles. The highest BCUT2D eigenvalue weighted by Gasteiger charge is 2.21. The summed E-state index contributed by atoms with van der Waals surface area (Å²) in [5, 5.41) is 12.4. The van der Waals surface area contributed by atoms with E-state index >= 15 is 0 Å². The lowest BCUT2D eigenvalue weighted by Crippen LogP contribution is -2.34. The Balaban J connectivity index is 2.20. The first-order valence-corrected chi connectivity index (χ1v) is 5.98. The van der Waals surface area contributed by atoms with Gasteiger partial charge in [-0.3, -0.25) is 0 Å². The molecule has 1 saturated carbocycles. The lowest BCUT2D eigenvalue weighted by atomic mass is 9.93. The molecule has 0 aliphatic heterocycles. The van der Waals surface area contributed by atoms with Gasteiger partial charge in [-0.05, 0) is 12.8 Å². The summed E-state index contributed by atoms with van der Waals surface area (Å²) < 4.78 is 18.9. The second kappa shape index (κ2) is 5.10. The van der Waals surface area contributed by atoms with Gasteiger partial charge >= 0.3 is 0 Å². The second-order valence-corrected chi connectivity index (χ2v) is 4.59. The number of ether oxygens (including phenoxy) is 1. The molecule has 0 heterocycles. The van der Waals surface area contributed by atoms with Gasteiger partial charge in [0, 0.05) is 24.2 Å². The quantitative estimate of drug-likeness (QED) is 0.874. The number of halogens is 2. The third-order valence-corrected chi connectivity index (χ3v) is 3.50. The van der Waals surface area contributed by atoms with Crippen molar-refractivity contribution in [1.82, 2.24) is 5.32 Å². The van der Waals surface area contributed by atoms with Crippen molar-refractivity contribution in [2.75, 3.05) is 7.11 Å². The molecular weight excluding hydrogens is 245 g/mol. The normalized spacial score (nSPS) is 15.7. The average Bonchev–Trinajstić information content (AvgIpc) is 2.26. The smallest absolute Gasteiger partial charge is 0.153 e. The Morgan fingerprint density at radius 1 is 1.59 bits per heavy atom. The lowest BCUT2D eigenvalue weighted by Gasteiger charge is -2.27. The van der Waals surface area contributed by atoms with Crippen LogP contribution < -0.4 is 10.1 Å². The van der Waals surface area contributed by atoms with E-state index in [0.717, 1.165) is 12.8 Å². The van der Waals surface area contributed by atoms with Crippen molar-refractivity contribution >= 4 is 11.6 Å².